The molecule has 0 aliphatic heterocycles. The van der Waals surface area contributed by atoms with Crippen molar-refractivity contribution in [1.29, 1.82) is 0 Å². The van der Waals surface area contributed by atoms with E-state index in [1.807, 2.05) is 5.32 Å². The van der Waals surface area contributed by atoms with Crippen molar-refractivity contribution in [3.63, 3.8) is 0 Å². The minimum Gasteiger partial charge on any atom is -0.452 e. The van der Waals surface area contributed by atoms with E-state index in [1.165, 1.54) is 19.1 Å². The number of nitrogens with one attached hydrogen (secondary N) is 3. The van der Waals surface area contributed by atoms with Gasteiger partial charge in [0.1, 0.15) is 0 Å². The second-order valence-corrected chi connectivity index (χ2v) is 5.01. The Morgan fingerprint density at radius 2 is 1.87 bits per heavy atom. The lowest BCUT2D eigenvalue weighted by atomic mass is 10.2. The van der Waals surface area contributed by atoms with Gasteiger partial charge in [-0.3, -0.25) is 14.9 Å². The van der Waals surface area contributed by atoms with Gasteiger partial charge in [0, 0.05) is 18.7 Å². The van der Waals surface area contributed by atoms with Gasteiger partial charge in [-0.15, -0.1) is 0 Å². The van der Waals surface area contributed by atoms with Gasteiger partial charge in [-0.1, -0.05) is 6.07 Å². The van der Waals surface area contributed by atoms with Gasteiger partial charge in [0.25, 0.3) is 5.91 Å². The van der Waals surface area contributed by atoms with Crippen molar-refractivity contribution in [1.82, 2.24) is 10.6 Å². The highest BCUT2D eigenvalue weighted by atomic mass is 16.5. The summed E-state index contributed by atoms with van der Waals surface area (Å²) in [6.07, 6.45) is 0. The van der Waals surface area contributed by atoms with Gasteiger partial charge in [0.2, 0.25) is 5.91 Å². The Labute approximate surface area is 133 Å². The molecule has 0 aromatic heterocycles. The molecule has 0 radical (unpaired) electrons. The molecule has 0 saturated heterocycles. The molecule has 0 unspecified atom stereocenters. The third-order valence-corrected chi connectivity index (χ3v) is 2.43. The number of carbonyl (C=O) groups is 4. The first kappa shape index (κ1) is 18.1. The molecular weight excluding hydrogens is 302 g/mol. The van der Waals surface area contributed by atoms with Crippen molar-refractivity contribution in [2.75, 3.05) is 11.9 Å². The highest BCUT2D eigenvalue weighted by Crippen LogP contribution is 2.11. The van der Waals surface area contributed by atoms with Gasteiger partial charge in [0.05, 0.1) is 5.56 Å². The van der Waals surface area contributed by atoms with Crippen LogP contribution in [0.4, 0.5) is 10.5 Å². The molecule has 0 spiro atoms. The van der Waals surface area contributed by atoms with Crippen LogP contribution in [0.5, 0.6) is 0 Å². The zero-order valence-corrected chi connectivity index (χ0v) is 13.1. The zero-order valence-electron chi connectivity index (χ0n) is 13.1. The van der Waals surface area contributed by atoms with Crippen molar-refractivity contribution in [3.8, 4) is 0 Å². The average molecular weight is 321 g/mol. The smallest absolute Gasteiger partial charge is 0.338 e. The minimum absolute atomic E-state index is 0.123. The summed E-state index contributed by atoms with van der Waals surface area (Å²) in [5.74, 6) is -1.75. The molecule has 0 aliphatic carbocycles. The van der Waals surface area contributed by atoms with Crippen molar-refractivity contribution in [2.45, 2.75) is 26.8 Å². The summed E-state index contributed by atoms with van der Waals surface area (Å²) in [4.78, 5) is 45.6. The first-order chi connectivity index (χ1) is 10.8. The van der Waals surface area contributed by atoms with Crippen molar-refractivity contribution in [2.24, 2.45) is 0 Å². The van der Waals surface area contributed by atoms with Crippen LogP contribution in [-0.4, -0.2) is 36.5 Å². The molecule has 0 bridgehead atoms. The van der Waals surface area contributed by atoms with E-state index in [4.69, 9.17) is 4.74 Å². The Bertz CT molecular complexity index is 613. The Kier molecular flexibility index (Phi) is 6.72. The van der Waals surface area contributed by atoms with Gasteiger partial charge in [-0.2, -0.15) is 0 Å². The Morgan fingerprint density at radius 1 is 1.17 bits per heavy atom. The van der Waals surface area contributed by atoms with Crippen molar-refractivity contribution < 1.29 is 23.9 Å². The SMILES string of the molecule is CC(=O)Nc1cccc(C(=O)OCC(=O)NC(=O)NC(C)C)c1. The van der Waals surface area contributed by atoms with E-state index in [0.29, 0.717) is 5.69 Å². The van der Waals surface area contributed by atoms with Crippen LogP contribution in [0.1, 0.15) is 31.1 Å². The minimum atomic E-state index is -0.741. The largest absolute Gasteiger partial charge is 0.452 e. The number of ether oxygens (including phenoxy) is 1. The fourth-order valence-electron chi connectivity index (χ4n) is 1.60. The fraction of sp³-hybridized carbons (Fsp3) is 0.333. The van der Waals surface area contributed by atoms with Crippen LogP contribution in [0.2, 0.25) is 0 Å². The number of imide groups is 1. The van der Waals surface area contributed by atoms with E-state index in [2.05, 4.69) is 10.6 Å². The summed E-state index contributed by atoms with van der Waals surface area (Å²) < 4.78 is 4.81. The summed E-state index contributed by atoms with van der Waals surface area (Å²) in [5, 5.41) is 7.03. The molecule has 8 heteroatoms. The van der Waals surface area contributed by atoms with Crippen molar-refractivity contribution >= 4 is 29.5 Å². The van der Waals surface area contributed by atoms with E-state index in [9.17, 15) is 19.2 Å². The zero-order chi connectivity index (χ0) is 17.4. The summed E-state index contributed by atoms with van der Waals surface area (Å²) in [5.41, 5.74) is 0.614. The van der Waals surface area contributed by atoms with Gasteiger partial charge in [-0.05, 0) is 32.0 Å². The van der Waals surface area contributed by atoms with Crippen LogP contribution in [0.15, 0.2) is 24.3 Å². The van der Waals surface area contributed by atoms with E-state index >= 15 is 0 Å². The Morgan fingerprint density at radius 3 is 2.48 bits per heavy atom. The van der Waals surface area contributed by atoms with E-state index in [1.54, 1.807) is 26.0 Å². The fourth-order valence-corrected chi connectivity index (χ4v) is 1.60. The monoisotopic (exact) mass is 321 g/mol. The van der Waals surface area contributed by atoms with Gasteiger partial charge in [-0.25, -0.2) is 9.59 Å². The third kappa shape index (κ3) is 7.07. The van der Waals surface area contributed by atoms with Crippen LogP contribution in [0, 0.1) is 0 Å². The predicted molar refractivity (Wildman–Crippen MR) is 82.8 cm³/mol. The van der Waals surface area contributed by atoms with Crippen LogP contribution >= 0.6 is 0 Å². The highest BCUT2D eigenvalue weighted by Gasteiger charge is 2.13. The molecule has 3 N–H and O–H groups in total. The normalized spacial score (nSPS) is 9.91. The lowest BCUT2D eigenvalue weighted by Gasteiger charge is -2.09. The molecule has 1 rings (SSSR count). The molecule has 0 fully saturated rings. The molecule has 0 atom stereocenters. The summed E-state index contributed by atoms with van der Waals surface area (Å²) in [7, 11) is 0. The van der Waals surface area contributed by atoms with Gasteiger partial charge < -0.3 is 15.4 Å². The molecule has 1 aromatic carbocycles. The molecule has 1 aromatic rings. The molecular formula is C15H19N3O5. The van der Waals surface area contributed by atoms with Crippen molar-refractivity contribution in [3.05, 3.63) is 29.8 Å². The first-order valence-corrected chi connectivity index (χ1v) is 6.93. The Balaban J connectivity index is 2.52. The number of anilines is 1. The maximum absolute atomic E-state index is 11.8. The molecule has 4 amide bonds. The average Bonchev–Trinajstić information content (AvgIpc) is 2.43. The molecule has 23 heavy (non-hydrogen) atoms. The van der Waals surface area contributed by atoms with Gasteiger partial charge in [0.15, 0.2) is 6.61 Å². The third-order valence-electron chi connectivity index (χ3n) is 2.43. The maximum atomic E-state index is 11.8. The predicted octanol–water partition coefficient (Wildman–Crippen LogP) is 1.04. The number of esters is 1. The second-order valence-electron chi connectivity index (χ2n) is 5.01. The summed E-state index contributed by atoms with van der Waals surface area (Å²) in [6, 6.07) is 5.30. The van der Waals surface area contributed by atoms with Crippen LogP contribution in [0.25, 0.3) is 0 Å². The number of urea groups is 1. The van der Waals surface area contributed by atoms with Crippen LogP contribution in [-0.2, 0) is 14.3 Å². The lowest BCUT2D eigenvalue weighted by Crippen LogP contribution is -2.44. The number of benzene rings is 1. The van der Waals surface area contributed by atoms with E-state index in [-0.39, 0.29) is 17.5 Å². The quantitative estimate of drug-likeness (QED) is 0.701. The molecule has 0 saturated carbocycles. The lowest BCUT2D eigenvalue weighted by molar-refractivity contribution is -0.123. The van der Waals surface area contributed by atoms with E-state index in [0.717, 1.165) is 0 Å². The molecule has 8 nitrogen and oxygen atoms in total. The number of amides is 4. The standard InChI is InChI=1S/C15H19N3O5/c1-9(2)16-15(22)18-13(20)8-23-14(21)11-5-4-6-12(7-11)17-10(3)19/h4-7,9H,8H2,1-3H3,(H,17,19)(H2,16,18,20,22). The van der Waals surface area contributed by atoms with E-state index < -0.39 is 24.5 Å². The molecule has 124 valence electrons. The van der Waals surface area contributed by atoms with Gasteiger partial charge >= 0.3 is 12.0 Å². The second kappa shape index (κ2) is 8.52. The maximum Gasteiger partial charge on any atom is 0.338 e. The number of hydrogen-bond donors (Lipinski definition) is 3. The highest BCUT2D eigenvalue weighted by molar-refractivity contribution is 5.97. The van der Waals surface area contributed by atoms with Crippen LogP contribution < -0.4 is 16.0 Å². The molecule has 0 aliphatic rings. The Hall–Kier alpha value is -2.90. The summed E-state index contributed by atoms with van der Waals surface area (Å²) >= 11 is 0. The topological polar surface area (TPSA) is 114 Å². The first-order valence-electron chi connectivity index (χ1n) is 6.93. The summed E-state index contributed by atoms with van der Waals surface area (Å²) in [6.45, 7) is 4.24. The van der Waals surface area contributed by atoms with Crippen LogP contribution in [0.3, 0.4) is 0 Å². The number of hydrogen-bond acceptors (Lipinski definition) is 5. The number of carbonyl (C=O) groups excluding carboxylic acids is 4. The number of rotatable bonds is 5. The molecule has 0 heterocycles.